The number of rotatable bonds is 8. The maximum atomic E-state index is 7.87. The SMILES string of the molecule is OP(O)(=S)S.[CH2-]C(CC)CCCC.[CH2-]C(CC)CCCC.[Zn+2]. The van der Waals surface area contributed by atoms with Gasteiger partial charge in [0.05, 0.1) is 0 Å². The number of unbranched alkanes of at least 4 members (excludes halogenated alkanes) is 2. The molecule has 2 unspecified atom stereocenters. The first-order valence-corrected chi connectivity index (χ1v) is 11.9. The summed E-state index contributed by atoms with van der Waals surface area (Å²) in [6, 6.07) is 0. The van der Waals surface area contributed by atoms with Crippen molar-refractivity contribution in [2.24, 2.45) is 11.8 Å². The zero-order valence-electron chi connectivity index (χ0n) is 15.1. The predicted octanol–water partition coefficient (Wildman–Crippen LogP) is 6.20. The Morgan fingerprint density at radius 3 is 1.27 bits per heavy atom. The zero-order chi connectivity index (χ0) is 17.3. The second kappa shape index (κ2) is 22.5. The number of hydrogen-bond donors (Lipinski definition) is 3. The molecule has 2 N–H and O–H groups in total. The zero-order valence-corrected chi connectivity index (χ0v) is 20.7. The molecule has 0 aromatic rings. The van der Waals surface area contributed by atoms with Gasteiger partial charge in [-0.05, 0) is 11.8 Å². The summed E-state index contributed by atoms with van der Waals surface area (Å²) in [6.07, 6.45) is 10.4. The van der Waals surface area contributed by atoms with E-state index >= 15 is 0 Å². The van der Waals surface area contributed by atoms with E-state index in [-0.39, 0.29) is 19.5 Å². The Hall–Kier alpha value is 1.54. The molecule has 0 radical (unpaired) electrons. The first-order chi connectivity index (χ1) is 9.62. The van der Waals surface area contributed by atoms with E-state index in [1.54, 1.807) is 0 Å². The van der Waals surface area contributed by atoms with Gasteiger partial charge >= 0.3 is 19.5 Å². The van der Waals surface area contributed by atoms with Gasteiger partial charge in [0.2, 0.25) is 5.69 Å². The quantitative estimate of drug-likeness (QED) is 0.189. The van der Waals surface area contributed by atoms with Crippen molar-refractivity contribution in [3.05, 3.63) is 13.8 Å². The first-order valence-electron chi connectivity index (χ1n) is 8.06. The van der Waals surface area contributed by atoms with Gasteiger partial charge in [0.15, 0.2) is 0 Å². The van der Waals surface area contributed by atoms with Crippen LogP contribution in [0.4, 0.5) is 0 Å². The van der Waals surface area contributed by atoms with Gasteiger partial charge in [-0.25, -0.2) is 0 Å². The molecule has 2 atom stereocenters. The molecule has 0 fully saturated rings. The van der Waals surface area contributed by atoms with Crippen LogP contribution in [0.2, 0.25) is 0 Å². The molecular formula is C16H37O2PS2Zn. The Bertz CT molecular complexity index is 216. The van der Waals surface area contributed by atoms with Crippen LogP contribution in [0, 0.1) is 25.7 Å². The number of hydrogen-bond acceptors (Lipinski definition) is 1. The fraction of sp³-hybridized carbons (Fsp3) is 0.875. The third-order valence-electron chi connectivity index (χ3n) is 3.09. The van der Waals surface area contributed by atoms with Gasteiger partial charge in [0.1, 0.15) is 0 Å². The predicted molar refractivity (Wildman–Crippen MR) is 105 cm³/mol. The van der Waals surface area contributed by atoms with Crippen molar-refractivity contribution in [2.45, 2.75) is 79.1 Å². The molecular weight excluding hydrogens is 385 g/mol. The minimum absolute atomic E-state index is 0. The monoisotopic (exact) mass is 420 g/mol. The van der Waals surface area contributed by atoms with Crippen LogP contribution < -0.4 is 0 Å². The third kappa shape index (κ3) is 49.6. The van der Waals surface area contributed by atoms with Gasteiger partial charge in [-0.1, -0.05) is 91.3 Å². The van der Waals surface area contributed by atoms with E-state index in [1.807, 2.05) is 0 Å². The molecule has 132 valence electrons. The van der Waals surface area contributed by atoms with E-state index in [4.69, 9.17) is 9.79 Å². The van der Waals surface area contributed by atoms with Crippen molar-refractivity contribution in [2.75, 3.05) is 0 Å². The van der Waals surface area contributed by atoms with Crippen LogP contribution in [0.1, 0.15) is 79.1 Å². The molecule has 0 bridgehead atoms. The minimum atomic E-state index is -3.11. The van der Waals surface area contributed by atoms with Gasteiger partial charge in [-0.2, -0.15) is 11.8 Å². The average Bonchev–Trinajstić information content (AvgIpc) is 2.40. The van der Waals surface area contributed by atoms with Crippen molar-refractivity contribution in [1.82, 2.24) is 0 Å². The maximum Gasteiger partial charge on any atom is 2.00 e. The van der Waals surface area contributed by atoms with Gasteiger partial charge in [-0.15, -0.1) is 0 Å². The van der Waals surface area contributed by atoms with Gasteiger partial charge < -0.3 is 23.6 Å². The topological polar surface area (TPSA) is 40.5 Å². The smallest absolute Gasteiger partial charge is 0.340 e. The Labute approximate surface area is 163 Å². The molecule has 0 saturated carbocycles. The second-order valence-electron chi connectivity index (χ2n) is 5.35. The fourth-order valence-corrected chi connectivity index (χ4v) is 1.39. The fourth-order valence-electron chi connectivity index (χ4n) is 1.39. The van der Waals surface area contributed by atoms with Crippen LogP contribution in [-0.4, -0.2) is 9.79 Å². The standard InChI is InChI=1S/2C8H17.H3O2PS2.Zn/c2*1-4-6-7-8(3)5-2;1-3(2,4)5;/h2*8H,3-7H2,1-2H3;(H3,1,2,4,5);/q2*-1;;+2. The largest absolute Gasteiger partial charge is 2.00 e. The molecule has 0 saturated heterocycles. The van der Waals surface area contributed by atoms with Crippen molar-refractivity contribution in [1.29, 1.82) is 0 Å². The van der Waals surface area contributed by atoms with Crippen molar-refractivity contribution < 1.29 is 29.3 Å². The van der Waals surface area contributed by atoms with E-state index in [1.165, 1.54) is 51.4 Å². The van der Waals surface area contributed by atoms with Gasteiger partial charge in [0.25, 0.3) is 0 Å². The van der Waals surface area contributed by atoms with Crippen LogP contribution in [-0.2, 0) is 31.3 Å². The molecule has 0 aromatic heterocycles. The summed E-state index contributed by atoms with van der Waals surface area (Å²) in [7, 11) is 0. The summed E-state index contributed by atoms with van der Waals surface area (Å²) in [4.78, 5) is 15.7. The average molecular weight is 422 g/mol. The van der Waals surface area contributed by atoms with Crippen LogP contribution in [0.5, 0.6) is 0 Å². The van der Waals surface area contributed by atoms with E-state index in [9.17, 15) is 0 Å². The maximum absolute atomic E-state index is 7.87. The summed E-state index contributed by atoms with van der Waals surface area (Å²) < 4.78 is 0. The number of thiol groups is 1. The van der Waals surface area contributed by atoms with Crippen LogP contribution in [0.15, 0.2) is 0 Å². The molecule has 2 nitrogen and oxygen atoms in total. The van der Waals surface area contributed by atoms with Crippen molar-refractivity contribution in [3.63, 3.8) is 0 Å². The molecule has 0 rings (SSSR count). The Balaban J connectivity index is -0.000000111. The summed E-state index contributed by atoms with van der Waals surface area (Å²) in [5.41, 5.74) is -3.11. The van der Waals surface area contributed by atoms with E-state index < -0.39 is 5.69 Å². The molecule has 0 aromatic carbocycles. The summed E-state index contributed by atoms with van der Waals surface area (Å²) in [5, 5.41) is 0. The molecule has 0 heterocycles. The van der Waals surface area contributed by atoms with Crippen LogP contribution in [0.25, 0.3) is 0 Å². The molecule has 6 heteroatoms. The second-order valence-corrected chi connectivity index (χ2v) is 10.4. The summed E-state index contributed by atoms with van der Waals surface area (Å²) >= 11 is 7.07. The van der Waals surface area contributed by atoms with Crippen LogP contribution >= 0.6 is 17.9 Å². The Kier molecular flexibility index (Phi) is 32.1. The molecule has 22 heavy (non-hydrogen) atoms. The summed E-state index contributed by atoms with van der Waals surface area (Å²) in [6.45, 7) is 16.8. The van der Waals surface area contributed by atoms with Crippen molar-refractivity contribution in [3.8, 4) is 0 Å². The van der Waals surface area contributed by atoms with Crippen LogP contribution in [0.3, 0.4) is 0 Å². The Morgan fingerprint density at radius 1 is 0.909 bits per heavy atom. The third-order valence-corrected chi connectivity index (χ3v) is 3.09. The normalized spacial score (nSPS) is 12.8. The van der Waals surface area contributed by atoms with Gasteiger partial charge in [-0.3, -0.25) is 0 Å². The molecule has 0 aliphatic rings. The molecule has 0 aliphatic carbocycles. The van der Waals surface area contributed by atoms with Crippen molar-refractivity contribution >= 4 is 29.7 Å². The molecule has 0 amide bonds. The molecule has 0 spiro atoms. The minimum Gasteiger partial charge on any atom is -0.340 e. The van der Waals surface area contributed by atoms with E-state index in [2.05, 4.69) is 65.6 Å². The molecule has 0 aliphatic heterocycles. The van der Waals surface area contributed by atoms with Gasteiger partial charge in [0, 0.05) is 0 Å². The Morgan fingerprint density at radius 2 is 1.14 bits per heavy atom. The first kappa shape index (κ1) is 31.3. The van der Waals surface area contributed by atoms with E-state index in [0.717, 1.165) is 0 Å². The van der Waals surface area contributed by atoms with E-state index in [0.29, 0.717) is 11.8 Å². The summed E-state index contributed by atoms with van der Waals surface area (Å²) in [5.74, 6) is 1.41.